The first-order chi connectivity index (χ1) is 11.9. The van der Waals surface area contributed by atoms with E-state index >= 15 is 0 Å². The molecule has 0 amide bonds. The lowest BCUT2D eigenvalue weighted by molar-refractivity contribution is -0.0948. The van der Waals surface area contributed by atoms with Crippen molar-refractivity contribution < 1.29 is 24.5 Å². The lowest BCUT2D eigenvalue weighted by atomic mass is 9.96. The first-order valence-electron chi connectivity index (χ1n) is 7.62. The van der Waals surface area contributed by atoms with Crippen LogP contribution in [0, 0.1) is 0 Å². The molecule has 1 saturated heterocycles. The van der Waals surface area contributed by atoms with Crippen LogP contribution in [-0.2, 0) is 4.74 Å². The van der Waals surface area contributed by atoms with Gasteiger partial charge in [0.2, 0.25) is 5.89 Å². The molecule has 4 atom stereocenters. The molecular weight excluding hydrogens is 330 g/mol. The number of anilines is 1. The van der Waals surface area contributed by atoms with E-state index < -0.39 is 30.6 Å². The van der Waals surface area contributed by atoms with Gasteiger partial charge in [-0.3, -0.25) is 0 Å². The highest BCUT2D eigenvalue weighted by Gasteiger charge is 2.53. The summed E-state index contributed by atoms with van der Waals surface area (Å²) < 4.78 is 12.5. The molecule has 1 aliphatic rings. The molecule has 3 aromatic rings. The Morgan fingerprint density at radius 3 is 2.80 bits per heavy atom. The van der Waals surface area contributed by atoms with Gasteiger partial charge in [-0.2, -0.15) is 0 Å². The molecule has 4 rings (SSSR count). The molecule has 0 bridgehead atoms. The quantitative estimate of drug-likeness (QED) is 0.499. The maximum absolute atomic E-state index is 10.7. The number of aromatic nitrogens is 4. The fraction of sp³-hybridized carbons (Fsp3) is 0.400. The van der Waals surface area contributed by atoms with Gasteiger partial charge in [0.1, 0.15) is 41.9 Å². The van der Waals surface area contributed by atoms with Crippen molar-refractivity contribution in [3.8, 4) is 11.5 Å². The summed E-state index contributed by atoms with van der Waals surface area (Å²) in [5, 5.41) is 30.8. The van der Waals surface area contributed by atoms with E-state index in [0.717, 1.165) is 0 Å². The van der Waals surface area contributed by atoms with Crippen molar-refractivity contribution in [3.05, 3.63) is 25.0 Å². The second kappa shape index (κ2) is 5.49. The van der Waals surface area contributed by atoms with E-state index in [2.05, 4.69) is 15.0 Å². The van der Waals surface area contributed by atoms with Gasteiger partial charge in [-0.25, -0.2) is 15.0 Å². The lowest BCUT2D eigenvalue weighted by Crippen LogP contribution is -2.44. The maximum Gasteiger partial charge on any atom is 0.228 e. The highest BCUT2D eigenvalue weighted by molar-refractivity contribution is 5.98. The van der Waals surface area contributed by atoms with Crippen LogP contribution in [0.3, 0.4) is 0 Å². The molecule has 5 N–H and O–H groups in total. The zero-order valence-corrected chi connectivity index (χ0v) is 13.3. The summed E-state index contributed by atoms with van der Waals surface area (Å²) in [6.45, 7) is 0.996. The van der Waals surface area contributed by atoms with Crippen molar-refractivity contribution in [2.45, 2.75) is 31.0 Å². The molecule has 3 aromatic heterocycles. The van der Waals surface area contributed by atoms with Crippen LogP contribution in [-0.4, -0.2) is 59.3 Å². The third-order valence-electron chi connectivity index (χ3n) is 4.49. The Morgan fingerprint density at radius 2 is 2.16 bits per heavy atom. The lowest BCUT2D eigenvalue weighted by Gasteiger charge is -2.27. The molecule has 0 radical (unpaired) electrons. The Hall–Kier alpha value is -2.53. The van der Waals surface area contributed by atoms with Crippen LogP contribution in [0.2, 0.25) is 0 Å². The van der Waals surface area contributed by atoms with Gasteiger partial charge in [-0.05, 0) is 6.92 Å². The molecule has 0 aromatic carbocycles. The number of rotatable bonds is 3. The van der Waals surface area contributed by atoms with Crippen molar-refractivity contribution in [2.24, 2.45) is 0 Å². The second-order valence-corrected chi connectivity index (χ2v) is 6.12. The molecule has 0 unspecified atom stereocenters. The summed E-state index contributed by atoms with van der Waals surface area (Å²) in [7, 11) is 0. The Labute approximate surface area is 141 Å². The minimum absolute atomic E-state index is 0.217. The second-order valence-electron chi connectivity index (χ2n) is 6.12. The van der Waals surface area contributed by atoms with Gasteiger partial charge in [0.25, 0.3) is 0 Å². The number of aliphatic hydroxyl groups is 3. The van der Waals surface area contributed by atoms with Crippen LogP contribution >= 0.6 is 0 Å². The number of hydrogen-bond acceptors (Lipinski definition) is 9. The van der Waals surface area contributed by atoms with Gasteiger partial charge in [-0.15, -0.1) is 0 Å². The molecule has 132 valence electrons. The molecule has 0 aliphatic carbocycles. The fourth-order valence-electron chi connectivity index (χ4n) is 3.20. The number of aliphatic hydroxyl groups excluding tert-OH is 2. The standard InChI is InChI=1S/C15H17N5O5/c1-15(23)10(22)8(5-21)25-14(15)20-4-7(13-17-2-3-24-13)9-11(16)18-6-19-12(9)20/h2-4,6,8,10,14,21-23H,5H2,1H3,(H2,16,18,19)/t8-,10-,14-,15-/m1/s1. The molecule has 10 heteroatoms. The monoisotopic (exact) mass is 347 g/mol. The predicted molar refractivity (Wildman–Crippen MR) is 85.1 cm³/mol. The van der Waals surface area contributed by atoms with Crippen molar-refractivity contribution >= 4 is 16.9 Å². The van der Waals surface area contributed by atoms with Crippen LogP contribution in [0.15, 0.2) is 29.4 Å². The summed E-state index contributed by atoms with van der Waals surface area (Å²) in [5.74, 6) is 0.524. The van der Waals surface area contributed by atoms with Gasteiger partial charge in [0, 0.05) is 6.20 Å². The smallest absolute Gasteiger partial charge is 0.228 e. The number of oxazole rings is 1. The van der Waals surface area contributed by atoms with Gasteiger partial charge < -0.3 is 34.8 Å². The molecule has 0 saturated carbocycles. The maximum atomic E-state index is 10.7. The average molecular weight is 347 g/mol. The third kappa shape index (κ3) is 2.23. The minimum atomic E-state index is -1.66. The third-order valence-corrected chi connectivity index (χ3v) is 4.49. The number of ether oxygens (including phenoxy) is 1. The van der Waals surface area contributed by atoms with Crippen LogP contribution < -0.4 is 5.73 Å². The van der Waals surface area contributed by atoms with E-state index in [1.54, 1.807) is 6.20 Å². The number of fused-ring (bicyclic) bond motifs is 1. The molecule has 1 fully saturated rings. The average Bonchev–Trinajstić information content (AvgIpc) is 3.27. The number of nitrogens with zero attached hydrogens (tertiary/aromatic N) is 4. The van der Waals surface area contributed by atoms with Gasteiger partial charge in [0.15, 0.2) is 6.23 Å². The van der Waals surface area contributed by atoms with Crippen molar-refractivity contribution in [1.29, 1.82) is 0 Å². The fourth-order valence-corrected chi connectivity index (χ4v) is 3.20. The van der Waals surface area contributed by atoms with E-state index in [9.17, 15) is 15.3 Å². The summed E-state index contributed by atoms with van der Waals surface area (Å²) >= 11 is 0. The molecule has 0 spiro atoms. The van der Waals surface area contributed by atoms with Crippen LogP contribution in [0.1, 0.15) is 13.2 Å². The van der Waals surface area contributed by atoms with Crippen LogP contribution in [0.25, 0.3) is 22.5 Å². The van der Waals surface area contributed by atoms with Gasteiger partial charge in [-0.1, -0.05) is 0 Å². The van der Waals surface area contributed by atoms with E-state index in [1.165, 1.54) is 30.3 Å². The van der Waals surface area contributed by atoms with Crippen molar-refractivity contribution in [1.82, 2.24) is 19.5 Å². The number of nitrogen functional groups attached to an aromatic ring is 1. The predicted octanol–water partition coefficient (Wildman–Crippen LogP) is -0.330. The van der Waals surface area contributed by atoms with Crippen molar-refractivity contribution in [2.75, 3.05) is 12.3 Å². The first-order valence-corrected chi connectivity index (χ1v) is 7.62. The molecule has 10 nitrogen and oxygen atoms in total. The SMILES string of the molecule is C[C@@]1(O)[C@H](O)[C@@H](CO)O[C@H]1n1cc(-c2ncco2)c2c(N)ncnc21. The Morgan fingerprint density at radius 1 is 1.36 bits per heavy atom. The number of nitrogens with two attached hydrogens (primary N) is 1. The summed E-state index contributed by atoms with van der Waals surface area (Å²) in [6, 6.07) is 0. The topological polar surface area (TPSA) is 153 Å². The zero-order chi connectivity index (χ0) is 17.8. The highest BCUT2D eigenvalue weighted by atomic mass is 16.6. The van der Waals surface area contributed by atoms with Crippen molar-refractivity contribution in [3.63, 3.8) is 0 Å². The summed E-state index contributed by atoms with van der Waals surface area (Å²) in [4.78, 5) is 12.3. The zero-order valence-electron chi connectivity index (χ0n) is 13.3. The minimum Gasteiger partial charge on any atom is -0.444 e. The molecule has 1 aliphatic heterocycles. The molecule has 25 heavy (non-hydrogen) atoms. The first kappa shape index (κ1) is 16.0. The van der Waals surface area contributed by atoms with E-state index in [-0.39, 0.29) is 5.82 Å². The van der Waals surface area contributed by atoms with Crippen LogP contribution in [0.5, 0.6) is 0 Å². The largest absolute Gasteiger partial charge is 0.444 e. The Kier molecular flexibility index (Phi) is 3.51. The molecule has 4 heterocycles. The van der Waals surface area contributed by atoms with E-state index in [0.29, 0.717) is 22.5 Å². The van der Waals surface area contributed by atoms with Gasteiger partial charge in [0.05, 0.1) is 23.8 Å². The highest BCUT2D eigenvalue weighted by Crippen LogP contribution is 2.42. The van der Waals surface area contributed by atoms with Crippen LogP contribution in [0.4, 0.5) is 5.82 Å². The normalized spacial score (nSPS) is 29.5. The Balaban J connectivity index is 1.93. The Bertz CT molecular complexity index is 907. The molecular formula is C15H17N5O5. The van der Waals surface area contributed by atoms with E-state index in [1.807, 2.05) is 0 Å². The van der Waals surface area contributed by atoms with E-state index in [4.69, 9.17) is 14.9 Å². The van der Waals surface area contributed by atoms with Gasteiger partial charge >= 0.3 is 0 Å². The summed E-state index contributed by atoms with van der Waals surface area (Å²) in [5.41, 5.74) is 5.25. The number of hydrogen-bond donors (Lipinski definition) is 4. The summed E-state index contributed by atoms with van der Waals surface area (Å²) in [6.07, 6.45) is 2.62.